The lowest BCUT2D eigenvalue weighted by Crippen LogP contribution is -2.30. The van der Waals surface area contributed by atoms with Gasteiger partial charge >= 0.3 is 6.18 Å². The minimum absolute atomic E-state index is 0.308. The Bertz CT molecular complexity index is 472. The fourth-order valence-corrected chi connectivity index (χ4v) is 1.99. The SMILES string of the molecule is FC(F)(F)c1ccc(Br)c(NC(=S)NC2CC2)c1. The molecular formula is C11H10BrF3N2S. The molecule has 0 saturated heterocycles. The van der Waals surface area contributed by atoms with Crippen LogP contribution >= 0.6 is 28.1 Å². The Balaban J connectivity index is 2.12. The second-order valence-electron chi connectivity index (χ2n) is 4.07. The van der Waals surface area contributed by atoms with E-state index in [2.05, 4.69) is 26.6 Å². The molecule has 0 aliphatic heterocycles. The molecule has 1 aliphatic rings. The zero-order valence-corrected chi connectivity index (χ0v) is 11.5. The first-order chi connectivity index (χ1) is 8.36. The quantitative estimate of drug-likeness (QED) is 0.799. The molecule has 18 heavy (non-hydrogen) atoms. The van der Waals surface area contributed by atoms with Gasteiger partial charge in [-0.15, -0.1) is 0 Å². The van der Waals surface area contributed by atoms with Crippen molar-refractivity contribution in [1.82, 2.24) is 5.32 Å². The predicted octanol–water partition coefficient (Wildman–Crippen LogP) is 3.92. The number of benzene rings is 1. The summed E-state index contributed by atoms with van der Waals surface area (Å²) in [6.45, 7) is 0. The zero-order valence-electron chi connectivity index (χ0n) is 9.14. The molecule has 98 valence electrons. The summed E-state index contributed by atoms with van der Waals surface area (Å²) in [6.07, 6.45) is -2.26. The van der Waals surface area contributed by atoms with E-state index < -0.39 is 11.7 Å². The fourth-order valence-electron chi connectivity index (χ4n) is 1.37. The lowest BCUT2D eigenvalue weighted by Gasteiger charge is -2.13. The number of hydrogen-bond acceptors (Lipinski definition) is 1. The van der Waals surface area contributed by atoms with Crippen LogP contribution in [-0.2, 0) is 6.18 Å². The van der Waals surface area contributed by atoms with Crippen molar-refractivity contribution in [3.05, 3.63) is 28.2 Å². The van der Waals surface area contributed by atoms with E-state index in [0.29, 0.717) is 21.3 Å². The van der Waals surface area contributed by atoms with Crippen LogP contribution < -0.4 is 10.6 Å². The number of alkyl halides is 3. The molecule has 2 N–H and O–H groups in total. The van der Waals surface area contributed by atoms with E-state index in [1.165, 1.54) is 6.07 Å². The van der Waals surface area contributed by atoms with Crippen LogP contribution in [0.4, 0.5) is 18.9 Å². The maximum absolute atomic E-state index is 12.6. The average molecular weight is 339 g/mol. The summed E-state index contributed by atoms with van der Waals surface area (Å²) < 4.78 is 38.2. The van der Waals surface area contributed by atoms with Gasteiger partial charge in [-0.1, -0.05) is 0 Å². The maximum atomic E-state index is 12.6. The first kappa shape index (κ1) is 13.6. The average Bonchev–Trinajstić information content (AvgIpc) is 3.03. The largest absolute Gasteiger partial charge is 0.416 e. The summed E-state index contributed by atoms with van der Waals surface area (Å²) >= 11 is 8.21. The van der Waals surface area contributed by atoms with Crippen LogP contribution in [-0.4, -0.2) is 11.2 Å². The lowest BCUT2D eigenvalue weighted by molar-refractivity contribution is -0.137. The van der Waals surface area contributed by atoms with Crippen molar-refractivity contribution in [2.75, 3.05) is 5.32 Å². The Morgan fingerprint density at radius 1 is 1.33 bits per heavy atom. The van der Waals surface area contributed by atoms with Crippen molar-refractivity contribution in [1.29, 1.82) is 0 Å². The normalized spacial score (nSPS) is 15.3. The van der Waals surface area contributed by atoms with Gasteiger partial charge in [-0.3, -0.25) is 0 Å². The highest BCUT2D eigenvalue weighted by Gasteiger charge is 2.31. The Morgan fingerprint density at radius 3 is 2.56 bits per heavy atom. The smallest absolute Gasteiger partial charge is 0.360 e. The van der Waals surface area contributed by atoms with Crippen LogP contribution in [0.2, 0.25) is 0 Å². The second kappa shape index (κ2) is 5.05. The van der Waals surface area contributed by atoms with E-state index >= 15 is 0 Å². The van der Waals surface area contributed by atoms with E-state index in [1.807, 2.05) is 0 Å². The molecule has 0 aromatic heterocycles. The highest BCUT2D eigenvalue weighted by Crippen LogP contribution is 2.34. The summed E-state index contributed by atoms with van der Waals surface area (Å²) in [7, 11) is 0. The number of thiocarbonyl (C=S) groups is 1. The van der Waals surface area contributed by atoms with E-state index in [9.17, 15) is 13.2 Å². The molecule has 0 radical (unpaired) electrons. The van der Waals surface area contributed by atoms with Crippen LogP contribution in [0.3, 0.4) is 0 Å². The Morgan fingerprint density at radius 2 is 2.00 bits per heavy atom. The molecule has 0 spiro atoms. The first-order valence-electron chi connectivity index (χ1n) is 5.30. The van der Waals surface area contributed by atoms with Crippen LogP contribution in [0, 0.1) is 0 Å². The van der Waals surface area contributed by atoms with Gasteiger partial charge in [-0.2, -0.15) is 13.2 Å². The number of hydrogen-bond donors (Lipinski definition) is 2. The molecule has 0 unspecified atom stereocenters. The molecule has 1 saturated carbocycles. The summed E-state index contributed by atoms with van der Waals surface area (Å²) in [4.78, 5) is 0. The van der Waals surface area contributed by atoms with Gasteiger partial charge in [0.2, 0.25) is 0 Å². The van der Waals surface area contributed by atoms with Gasteiger partial charge in [0.15, 0.2) is 5.11 Å². The molecule has 2 rings (SSSR count). The third kappa shape index (κ3) is 3.58. The van der Waals surface area contributed by atoms with Gasteiger partial charge in [0, 0.05) is 10.5 Å². The van der Waals surface area contributed by atoms with Gasteiger partial charge in [0.25, 0.3) is 0 Å². The molecule has 0 heterocycles. The predicted molar refractivity (Wildman–Crippen MR) is 71.5 cm³/mol. The van der Waals surface area contributed by atoms with Crippen molar-refractivity contribution >= 4 is 38.9 Å². The lowest BCUT2D eigenvalue weighted by atomic mass is 10.2. The highest BCUT2D eigenvalue weighted by molar-refractivity contribution is 9.10. The van der Waals surface area contributed by atoms with Gasteiger partial charge in [0.1, 0.15) is 0 Å². The number of halogens is 4. The first-order valence-corrected chi connectivity index (χ1v) is 6.50. The topological polar surface area (TPSA) is 24.1 Å². The molecule has 0 atom stereocenters. The van der Waals surface area contributed by atoms with Crippen molar-refractivity contribution in [2.45, 2.75) is 25.1 Å². The molecule has 0 bridgehead atoms. The van der Waals surface area contributed by atoms with Gasteiger partial charge in [0.05, 0.1) is 11.3 Å². The van der Waals surface area contributed by atoms with Crippen molar-refractivity contribution < 1.29 is 13.2 Å². The molecule has 2 nitrogen and oxygen atoms in total. The number of nitrogens with one attached hydrogen (secondary N) is 2. The number of anilines is 1. The van der Waals surface area contributed by atoms with Crippen molar-refractivity contribution in [2.24, 2.45) is 0 Å². The van der Waals surface area contributed by atoms with E-state index in [4.69, 9.17) is 12.2 Å². The Hall–Kier alpha value is -0.820. The standard InChI is InChI=1S/C11H10BrF3N2S/c12-8-4-1-6(11(13,14)15)5-9(8)17-10(18)16-7-2-3-7/h1,4-5,7H,2-3H2,(H2,16,17,18). The molecule has 1 aliphatic carbocycles. The molecule has 1 aromatic carbocycles. The highest BCUT2D eigenvalue weighted by atomic mass is 79.9. The number of rotatable bonds is 2. The third-order valence-electron chi connectivity index (χ3n) is 2.45. The van der Waals surface area contributed by atoms with Gasteiger partial charge in [-0.25, -0.2) is 0 Å². The summed E-state index contributed by atoms with van der Waals surface area (Å²) in [5.41, 5.74) is -0.398. The Labute approximate surface area is 116 Å². The third-order valence-corrected chi connectivity index (χ3v) is 3.37. The molecule has 7 heteroatoms. The summed E-state index contributed by atoms with van der Waals surface area (Å²) in [5, 5.41) is 6.12. The molecule has 0 amide bonds. The van der Waals surface area contributed by atoms with Crippen molar-refractivity contribution in [3.8, 4) is 0 Å². The van der Waals surface area contributed by atoms with Crippen LogP contribution in [0.5, 0.6) is 0 Å². The summed E-state index contributed by atoms with van der Waals surface area (Å²) in [6, 6.07) is 3.76. The minimum atomic E-state index is -4.36. The van der Waals surface area contributed by atoms with Crippen LogP contribution in [0.1, 0.15) is 18.4 Å². The molecule has 1 fully saturated rings. The minimum Gasteiger partial charge on any atom is -0.360 e. The zero-order chi connectivity index (χ0) is 13.3. The van der Waals surface area contributed by atoms with E-state index in [-0.39, 0.29) is 0 Å². The Kier molecular flexibility index (Phi) is 3.82. The van der Waals surface area contributed by atoms with Gasteiger partial charge in [-0.05, 0) is 59.2 Å². The van der Waals surface area contributed by atoms with Crippen molar-refractivity contribution in [3.63, 3.8) is 0 Å². The maximum Gasteiger partial charge on any atom is 0.416 e. The monoisotopic (exact) mass is 338 g/mol. The van der Waals surface area contributed by atoms with E-state index in [0.717, 1.165) is 25.0 Å². The van der Waals surface area contributed by atoms with Crippen LogP contribution in [0.15, 0.2) is 22.7 Å². The van der Waals surface area contributed by atoms with E-state index in [1.54, 1.807) is 0 Å². The van der Waals surface area contributed by atoms with Gasteiger partial charge < -0.3 is 10.6 Å². The fraction of sp³-hybridized carbons (Fsp3) is 0.364. The summed E-state index contributed by atoms with van der Waals surface area (Å²) in [5.74, 6) is 0. The molecular weight excluding hydrogens is 329 g/mol. The van der Waals surface area contributed by atoms with Crippen LogP contribution in [0.25, 0.3) is 0 Å². The second-order valence-corrected chi connectivity index (χ2v) is 5.33. The molecule has 1 aromatic rings.